The molecule has 3 aromatic rings. The molecular weight excluding hydrogens is 414 g/mol. The molecule has 0 spiro atoms. The van der Waals surface area contributed by atoms with E-state index in [1.165, 1.54) is 11.8 Å². The molecule has 6 heteroatoms. The first-order valence-corrected chi connectivity index (χ1v) is 10.5. The van der Waals surface area contributed by atoms with Crippen molar-refractivity contribution in [3.8, 4) is 11.1 Å². The summed E-state index contributed by atoms with van der Waals surface area (Å²) in [7, 11) is 0. The molecule has 0 atom stereocenters. The molecule has 1 heterocycles. The molecular formula is C24H17NO3S2. The highest BCUT2D eigenvalue weighted by Crippen LogP contribution is 2.34. The van der Waals surface area contributed by atoms with Crippen molar-refractivity contribution in [1.29, 1.82) is 0 Å². The standard InChI is InChI=1S/C24H17NO3S2/c26-22-21(30-24(29)25(22)15-16-5-2-1-3-6-16)14-17-7-4-8-20(13-17)18-9-11-19(12-10-18)23(27)28/h1-14H,15H2,(H,27,28)/b21-14-. The zero-order chi connectivity index (χ0) is 21.1. The van der Waals surface area contributed by atoms with Gasteiger partial charge in [-0.15, -0.1) is 0 Å². The largest absolute Gasteiger partial charge is 0.478 e. The number of thioether (sulfide) groups is 1. The Morgan fingerprint density at radius 3 is 2.40 bits per heavy atom. The Morgan fingerprint density at radius 2 is 1.70 bits per heavy atom. The first-order valence-electron chi connectivity index (χ1n) is 9.24. The summed E-state index contributed by atoms with van der Waals surface area (Å²) in [4.78, 5) is 26.1. The predicted molar refractivity (Wildman–Crippen MR) is 124 cm³/mol. The Balaban J connectivity index is 1.56. The van der Waals surface area contributed by atoms with Crippen LogP contribution in [0.1, 0.15) is 21.5 Å². The van der Waals surface area contributed by atoms with Crippen LogP contribution in [0.3, 0.4) is 0 Å². The van der Waals surface area contributed by atoms with Gasteiger partial charge in [0.05, 0.1) is 17.0 Å². The van der Waals surface area contributed by atoms with Gasteiger partial charge in [0.2, 0.25) is 0 Å². The lowest BCUT2D eigenvalue weighted by molar-refractivity contribution is -0.122. The summed E-state index contributed by atoms with van der Waals surface area (Å²) in [6.45, 7) is 0.457. The summed E-state index contributed by atoms with van der Waals surface area (Å²) in [6, 6.07) is 24.3. The van der Waals surface area contributed by atoms with E-state index in [0.29, 0.717) is 15.8 Å². The molecule has 0 aliphatic carbocycles. The van der Waals surface area contributed by atoms with Crippen molar-refractivity contribution in [2.75, 3.05) is 0 Å². The van der Waals surface area contributed by atoms with Crippen molar-refractivity contribution in [2.24, 2.45) is 0 Å². The van der Waals surface area contributed by atoms with Crippen LogP contribution >= 0.6 is 24.0 Å². The highest BCUT2D eigenvalue weighted by atomic mass is 32.2. The smallest absolute Gasteiger partial charge is 0.335 e. The third-order valence-corrected chi connectivity index (χ3v) is 6.08. The summed E-state index contributed by atoms with van der Waals surface area (Å²) < 4.78 is 0.551. The first-order chi connectivity index (χ1) is 14.5. The minimum atomic E-state index is -0.951. The van der Waals surface area contributed by atoms with E-state index in [1.54, 1.807) is 29.2 Å². The van der Waals surface area contributed by atoms with Crippen LogP contribution in [0.4, 0.5) is 0 Å². The maximum Gasteiger partial charge on any atom is 0.335 e. The number of rotatable bonds is 5. The minimum absolute atomic E-state index is 0.0925. The average molecular weight is 432 g/mol. The van der Waals surface area contributed by atoms with Gasteiger partial charge in [0, 0.05) is 0 Å². The van der Waals surface area contributed by atoms with Crippen molar-refractivity contribution in [2.45, 2.75) is 6.54 Å². The van der Waals surface area contributed by atoms with Crippen molar-refractivity contribution in [1.82, 2.24) is 4.90 Å². The second kappa shape index (κ2) is 8.65. The molecule has 1 saturated heterocycles. The van der Waals surface area contributed by atoms with Gasteiger partial charge in [0.1, 0.15) is 4.32 Å². The van der Waals surface area contributed by atoms with Crippen molar-refractivity contribution in [3.05, 3.63) is 100 Å². The lowest BCUT2D eigenvalue weighted by atomic mass is 10.0. The van der Waals surface area contributed by atoms with Crippen LogP contribution in [0.5, 0.6) is 0 Å². The Bertz CT molecular complexity index is 1150. The fourth-order valence-electron chi connectivity index (χ4n) is 3.17. The van der Waals surface area contributed by atoms with Crippen LogP contribution in [0.2, 0.25) is 0 Å². The van der Waals surface area contributed by atoms with Crippen molar-refractivity contribution >= 4 is 46.3 Å². The molecule has 3 aromatic carbocycles. The van der Waals surface area contributed by atoms with Gasteiger partial charge < -0.3 is 5.11 Å². The Labute approximate surface area is 183 Å². The van der Waals surface area contributed by atoms with Gasteiger partial charge >= 0.3 is 5.97 Å². The maximum atomic E-state index is 12.9. The Hall–Kier alpha value is -3.22. The fraction of sp³-hybridized carbons (Fsp3) is 0.0417. The maximum absolute atomic E-state index is 12.9. The predicted octanol–water partition coefficient (Wildman–Crippen LogP) is 5.45. The summed E-state index contributed by atoms with van der Waals surface area (Å²) in [6.07, 6.45) is 1.85. The molecule has 1 aliphatic heterocycles. The van der Waals surface area contributed by atoms with E-state index < -0.39 is 5.97 Å². The van der Waals surface area contributed by atoms with Crippen LogP contribution in [0.15, 0.2) is 83.8 Å². The van der Waals surface area contributed by atoms with Gasteiger partial charge in [-0.05, 0) is 46.5 Å². The lowest BCUT2D eigenvalue weighted by Gasteiger charge is -2.14. The quantitative estimate of drug-likeness (QED) is 0.430. The molecule has 1 fully saturated rings. The topological polar surface area (TPSA) is 57.6 Å². The zero-order valence-corrected chi connectivity index (χ0v) is 17.5. The second-order valence-corrected chi connectivity index (χ2v) is 8.44. The first kappa shape index (κ1) is 20.1. The SMILES string of the molecule is O=C(O)c1ccc(-c2cccc(/C=C3\SC(=S)N(Cc4ccccc4)C3=O)c2)cc1. The van der Waals surface area contributed by atoms with E-state index in [2.05, 4.69) is 0 Å². The van der Waals surface area contributed by atoms with Crippen LogP contribution < -0.4 is 0 Å². The van der Waals surface area contributed by atoms with Crippen molar-refractivity contribution in [3.63, 3.8) is 0 Å². The Kier molecular flexibility index (Phi) is 5.79. The Morgan fingerprint density at radius 1 is 0.967 bits per heavy atom. The van der Waals surface area contributed by atoms with Gasteiger partial charge in [-0.1, -0.05) is 84.6 Å². The van der Waals surface area contributed by atoms with Gasteiger partial charge in [-0.3, -0.25) is 9.69 Å². The highest BCUT2D eigenvalue weighted by Gasteiger charge is 2.31. The van der Waals surface area contributed by atoms with E-state index in [0.717, 1.165) is 22.3 Å². The van der Waals surface area contributed by atoms with E-state index >= 15 is 0 Å². The summed E-state index contributed by atoms with van der Waals surface area (Å²) in [5, 5.41) is 9.05. The summed E-state index contributed by atoms with van der Waals surface area (Å²) in [5.41, 5.74) is 4.02. The zero-order valence-electron chi connectivity index (χ0n) is 15.8. The number of amides is 1. The summed E-state index contributed by atoms with van der Waals surface area (Å²) >= 11 is 6.73. The average Bonchev–Trinajstić information content (AvgIpc) is 3.02. The number of aromatic carboxylic acids is 1. The van der Waals surface area contributed by atoms with Crippen LogP contribution in [-0.4, -0.2) is 26.2 Å². The van der Waals surface area contributed by atoms with Crippen LogP contribution in [0.25, 0.3) is 17.2 Å². The number of hydrogen-bond acceptors (Lipinski definition) is 4. The van der Waals surface area contributed by atoms with E-state index in [4.69, 9.17) is 17.3 Å². The number of hydrogen-bond donors (Lipinski definition) is 1. The molecule has 0 aromatic heterocycles. The number of nitrogens with zero attached hydrogens (tertiary/aromatic N) is 1. The number of carbonyl (C=O) groups excluding carboxylic acids is 1. The number of carboxylic acid groups (broad SMARTS) is 1. The molecule has 1 N–H and O–H groups in total. The minimum Gasteiger partial charge on any atom is -0.478 e. The lowest BCUT2D eigenvalue weighted by Crippen LogP contribution is -2.27. The fourth-order valence-corrected chi connectivity index (χ4v) is 4.42. The molecule has 0 radical (unpaired) electrons. The molecule has 4 nitrogen and oxygen atoms in total. The van der Waals surface area contributed by atoms with E-state index in [1.807, 2.05) is 60.7 Å². The molecule has 0 bridgehead atoms. The third-order valence-electron chi connectivity index (χ3n) is 4.71. The molecule has 1 amide bonds. The second-order valence-electron chi connectivity index (χ2n) is 6.76. The highest BCUT2D eigenvalue weighted by molar-refractivity contribution is 8.26. The van der Waals surface area contributed by atoms with Gasteiger partial charge in [0.25, 0.3) is 5.91 Å². The van der Waals surface area contributed by atoms with Gasteiger partial charge in [-0.25, -0.2) is 4.79 Å². The number of benzene rings is 3. The molecule has 0 saturated carbocycles. The monoisotopic (exact) mass is 431 g/mol. The summed E-state index contributed by atoms with van der Waals surface area (Å²) in [5.74, 6) is -1.04. The van der Waals surface area contributed by atoms with E-state index in [9.17, 15) is 9.59 Å². The normalized spacial score (nSPS) is 15.1. The molecule has 30 heavy (non-hydrogen) atoms. The molecule has 148 valence electrons. The molecule has 0 unspecified atom stereocenters. The molecule has 1 aliphatic rings. The van der Waals surface area contributed by atoms with Crippen LogP contribution in [0, 0.1) is 0 Å². The number of carboxylic acids is 1. The molecule has 4 rings (SSSR count). The van der Waals surface area contributed by atoms with Crippen LogP contribution in [-0.2, 0) is 11.3 Å². The number of thiocarbonyl (C=S) groups is 1. The van der Waals surface area contributed by atoms with Gasteiger partial charge in [-0.2, -0.15) is 0 Å². The van der Waals surface area contributed by atoms with Gasteiger partial charge in [0.15, 0.2) is 0 Å². The third kappa shape index (κ3) is 4.35. The van der Waals surface area contributed by atoms with E-state index in [-0.39, 0.29) is 11.5 Å². The number of carbonyl (C=O) groups is 2. The van der Waals surface area contributed by atoms with Crippen molar-refractivity contribution < 1.29 is 14.7 Å².